The first-order valence-corrected chi connectivity index (χ1v) is 9.34. The minimum Gasteiger partial charge on any atom is -0.343 e. The maximum absolute atomic E-state index is 12.4. The van der Waals surface area contributed by atoms with Crippen LogP contribution in [0.2, 0.25) is 0 Å². The molecule has 3 heterocycles. The third-order valence-corrected chi connectivity index (χ3v) is 5.11. The van der Waals surface area contributed by atoms with Crippen LogP contribution in [0, 0.1) is 5.92 Å². The van der Waals surface area contributed by atoms with Gasteiger partial charge in [-0.1, -0.05) is 18.2 Å². The second kappa shape index (κ2) is 8.11. The van der Waals surface area contributed by atoms with Crippen molar-refractivity contribution in [3.05, 3.63) is 55.1 Å². The number of likely N-dealkylation sites (tertiary alicyclic amines) is 1. The lowest BCUT2D eigenvalue weighted by Gasteiger charge is -2.32. The highest BCUT2D eigenvalue weighted by molar-refractivity contribution is 5.76. The Labute approximate surface area is 157 Å². The first kappa shape index (κ1) is 17.4. The molecule has 27 heavy (non-hydrogen) atoms. The topological polar surface area (TPSA) is 81.7 Å². The highest BCUT2D eigenvalue weighted by Crippen LogP contribution is 2.22. The summed E-state index contributed by atoms with van der Waals surface area (Å²) in [6.07, 6.45) is 8.25. The molecule has 1 aliphatic rings. The largest absolute Gasteiger partial charge is 0.343 e. The number of hydrogen-bond donors (Lipinski definition) is 0. The van der Waals surface area contributed by atoms with Crippen molar-refractivity contribution in [3.63, 3.8) is 0 Å². The molecule has 8 nitrogen and oxygen atoms in total. The third-order valence-electron chi connectivity index (χ3n) is 5.11. The molecule has 0 spiro atoms. The second-order valence-electron chi connectivity index (χ2n) is 6.89. The van der Waals surface area contributed by atoms with E-state index in [2.05, 4.69) is 37.0 Å². The molecule has 8 heteroatoms. The number of aryl methyl sites for hydroxylation is 1. The van der Waals surface area contributed by atoms with E-state index < -0.39 is 0 Å². The van der Waals surface area contributed by atoms with Gasteiger partial charge in [0.2, 0.25) is 5.91 Å². The molecule has 4 rings (SSSR count). The zero-order chi connectivity index (χ0) is 18.5. The third kappa shape index (κ3) is 4.21. The summed E-state index contributed by atoms with van der Waals surface area (Å²) in [6.45, 7) is 2.19. The molecule has 0 N–H and O–H groups in total. The molecular weight excluding hydrogens is 342 g/mol. The number of carbonyl (C=O) groups excluding carboxylic acids is 1. The fraction of sp³-hybridized carbons (Fsp3) is 0.421. The monoisotopic (exact) mass is 365 g/mol. The molecule has 2 aromatic heterocycles. The van der Waals surface area contributed by atoms with Gasteiger partial charge in [0.05, 0.1) is 6.54 Å². The van der Waals surface area contributed by atoms with Crippen molar-refractivity contribution in [2.45, 2.75) is 32.2 Å². The van der Waals surface area contributed by atoms with E-state index in [0.717, 1.165) is 43.9 Å². The van der Waals surface area contributed by atoms with Gasteiger partial charge in [-0.2, -0.15) is 5.10 Å². The number of piperidine rings is 1. The molecule has 0 radical (unpaired) electrons. The molecule has 0 saturated carbocycles. The van der Waals surface area contributed by atoms with Gasteiger partial charge in [-0.15, -0.1) is 10.2 Å². The van der Waals surface area contributed by atoms with Crippen molar-refractivity contribution in [2.75, 3.05) is 13.1 Å². The molecule has 0 aliphatic carbocycles. The van der Waals surface area contributed by atoms with Crippen LogP contribution in [0.5, 0.6) is 0 Å². The number of benzene rings is 1. The molecular formula is C19H23N7O. The predicted octanol–water partition coefficient (Wildman–Crippen LogP) is 1.73. The van der Waals surface area contributed by atoms with E-state index in [1.54, 1.807) is 17.3 Å². The molecule has 140 valence electrons. The van der Waals surface area contributed by atoms with Crippen LogP contribution in [0.4, 0.5) is 0 Å². The number of aromatic nitrogens is 6. The summed E-state index contributed by atoms with van der Waals surface area (Å²) < 4.78 is 3.75. The number of amides is 1. The Kier molecular flexibility index (Phi) is 5.22. The van der Waals surface area contributed by atoms with Gasteiger partial charge in [0.25, 0.3) is 0 Å². The number of nitrogens with zero attached hydrogens (tertiary/aromatic N) is 7. The first-order valence-electron chi connectivity index (χ1n) is 9.34. The fourth-order valence-corrected chi connectivity index (χ4v) is 3.56. The smallest absolute Gasteiger partial charge is 0.224 e. The SMILES string of the molecule is O=C(CCn1cncn1)N1CCC(Cc2nncn2-c2ccccc2)CC1. The van der Waals surface area contributed by atoms with Gasteiger partial charge in [-0.25, -0.2) is 4.98 Å². The lowest BCUT2D eigenvalue weighted by molar-refractivity contribution is -0.132. The molecule has 1 saturated heterocycles. The van der Waals surface area contributed by atoms with Crippen molar-refractivity contribution in [1.82, 2.24) is 34.4 Å². The summed E-state index contributed by atoms with van der Waals surface area (Å²) >= 11 is 0. The number of rotatable bonds is 6. The van der Waals surface area contributed by atoms with Gasteiger partial charge < -0.3 is 4.90 Å². The van der Waals surface area contributed by atoms with Crippen LogP contribution in [0.25, 0.3) is 5.69 Å². The molecule has 1 aromatic carbocycles. The number of para-hydroxylation sites is 1. The van der Waals surface area contributed by atoms with Crippen LogP contribution >= 0.6 is 0 Å². The van der Waals surface area contributed by atoms with E-state index in [4.69, 9.17) is 0 Å². The van der Waals surface area contributed by atoms with Crippen molar-refractivity contribution in [2.24, 2.45) is 5.92 Å². The van der Waals surface area contributed by atoms with E-state index in [1.807, 2.05) is 23.1 Å². The van der Waals surface area contributed by atoms with E-state index in [-0.39, 0.29) is 5.91 Å². The van der Waals surface area contributed by atoms with Crippen molar-refractivity contribution in [3.8, 4) is 5.69 Å². The van der Waals surface area contributed by atoms with Crippen LogP contribution in [-0.2, 0) is 17.8 Å². The summed E-state index contributed by atoms with van der Waals surface area (Å²) in [4.78, 5) is 18.3. The Morgan fingerprint density at radius 2 is 1.93 bits per heavy atom. The van der Waals surface area contributed by atoms with Gasteiger partial charge in [0, 0.05) is 31.6 Å². The molecule has 0 atom stereocenters. The molecule has 3 aromatic rings. The standard InChI is InChI=1S/C19H23N7O/c27-19(8-11-25-14-20-13-22-25)24-9-6-16(7-10-24)12-18-23-21-15-26(18)17-4-2-1-3-5-17/h1-5,13-16H,6-12H2. The first-order chi connectivity index (χ1) is 13.3. The van der Waals surface area contributed by atoms with Gasteiger partial charge >= 0.3 is 0 Å². The van der Waals surface area contributed by atoms with Gasteiger partial charge in [0.1, 0.15) is 24.8 Å². The normalized spacial score (nSPS) is 15.2. The molecule has 1 aliphatic heterocycles. The van der Waals surface area contributed by atoms with E-state index in [0.29, 0.717) is 18.9 Å². The lowest BCUT2D eigenvalue weighted by Crippen LogP contribution is -2.39. The van der Waals surface area contributed by atoms with Crippen LogP contribution in [0.15, 0.2) is 49.3 Å². The van der Waals surface area contributed by atoms with E-state index >= 15 is 0 Å². The Hall–Kier alpha value is -3.03. The number of hydrogen-bond acceptors (Lipinski definition) is 5. The fourth-order valence-electron chi connectivity index (χ4n) is 3.56. The highest BCUT2D eigenvalue weighted by Gasteiger charge is 2.24. The maximum atomic E-state index is 12.4. The Morgan fingerprint density at radius 3 is 2.67 bits per heavy atom. The quantitative estimate of drug-likeness (QED) is 0.664. The average molecular weight is 365 g/mol. The van der Waals surface area contributed by atoms with Gasteiger partial charge in [0.15, 0.2) is 0 Å². The highest BCUT2D eigenvalue weighted by atomic mass is 16.2. The molecule has 0 bridgehead atoms. The van der Waals surface area contributed by atoms with Crippen molar-refractivity contribution < 1.29 is 4.79 Å². The Balaban J connectivity index is 1.29. The minimum atomic E-state index is 0.191. The van der Waals surface area contributed by atoms with Crippen LogP contribution in [0.3, 0.4) is 0 Å². The summed E-state index contributed by atoms with van der Waals surface area (Å²) in [7, 11) is 0. The van der Waals surface area contributed by atoms with E-state index in [1.165, 1.54) is 6.33 Å². The zero-order valence-electron chi connectivity index (χ0n) is 15.2. The van der Waals surface area contributed by atoms with Crippen molar-refractivity contribution >= 4 is 5.91 Å². The Morgan fingerprint density at radius 1 is 1.11 bits per heavy atom. The predicted molar refractivity (Wildman–Crippen MR) is 99.0 cm³/mol. The number of carbonyl (C=O) groups is 1. The zero-order valence-corrected chi connectivity index (χ0v) is 15.2. The minimum absolute atomic E-state index is 0.191. The average Bonchev–Trinajstić information content (AvgIpc) is 3.39. The van der Waals surface area contributed by atoms with Crippen LogP contribution in [0.1, 0.15) is 25.1 Å². The van der Waals surface area contributed by atoms with Crippen LogP contribution < -0.4 is 0 Å². The summed E-state index contributed by atoms with van der Waals surface area (Å²) in [5.74, 6) is 1.70. The van der Waals surface area contributed by atoms with Crippen molar-refractivity contribution in [1.29, 1.82) is 0 Å². The lowest BCUT2D eigenvalue weighted by atomic mass is 9.93. The second-order valence-corrected chi connectivity index (χ2v) is 6.89. The summed E-state index contributed by atoms with van der Waals surface area (Å²) in [5.41, 5.74) is 1.08. The molecule has 1 fully saturated rings. The van der Waals surface area contributed by atoms with Crippen LogP contribution in [-0.4, -0.2) is 53.4 Å². The van der Waals surface area contributed by atoms with Gasteiger partial charge in [-0.05, 0) is 30.9 Å². The summed E-state index contributed by atoms with van der Waals surface area (Å²) in [6, 6.07) is 10.2. The molecule has 0 unspecified atom stereocenters. The Bertz CT molecular complexity index is 851. The molecule has 1 amide bonds. The van der Waals surface area contributed by atoms with Gasteiger partial charge in [-0.3, -0.25) is 14.0 Å². The van der Waals surface area contributed by atoms with E-state index in [9.17, 15) is 4.79 Å². The maximum Gasteiger partial charge on any atom is 0.224 e. The summed E-state index contributed by atoms with van der Waals surface area (Å²) in [5, 5.41) is 12.4.